The van der Waals surface area contributed by atoms with E-state index in [1.165, 1.54) is 16.7 Å². The van der Waals surface area contributed by atoms with E-state index in [2.05, 4.69) is 26.2 Å². The molecule has 2 heterocycles. The first kappa shape index (κ1) is 20.7. The molecular formula is C24H17BrN4O2S. The van der Waals surface area contributed by atoms with E-state index < -0.39 is 6.04 Å². The molecule has 0 saturated heterocycles. The number of carbonyl (C=O) groups excluding carboxylic acids is 2. The molecule has 1 N–H and O–H groups in total. The second-order valence-electron chi connectivity index (χ2n) is 7.19. The minimum Gasteiger partial charge on any atom is -0.325 e. The molecule has 1 unspecified atom stereocenters. The maximum Gasteiger partial charge on any atom is 0.263 e. The average molecular weight is 505 g/mol. The predicted molar refractivity (Wildman–Crippen MR) is 131 cm³/mol. The van der Waals surface area contributed by atoms with Gasteiger partial charge >= 0.3 is 0 Å². The lowest BCUT2D eigenvalue weighted by Gasteiger charge is -2.25. The van der Waals surface area contributed by atoms with E-state index in [1.807, 2.05) is 78.9 Å². The second-order valence-corrected chi connectivity index (χ2v) is 9.05. The van der Waals surface area contributed by atoms with Crippen LogP contribution in [-0.4, -0.2) is 33.5 Å². The molecule has 0 saturated carbocycles. The van der Waals surface area contributed by atoms with Gasteiger partial charge in [-0.05, 0) is 42.0 Å². The molecule has 2 aliphatic rings. The van der Waals surface area contributed by atoms with Crippen LogP contribution in [0.1, 0.15) is 17.2 Å². The number of para-hydroxylation sites is 1. The van der Waals surface area contributed by atoms with E-state index in [4.69, 9.17) is 4.99 Å². The number of amides is 2. The number of nitrogens with one attached hydrogen (secondary N) is 1. The fourth-order valence-corrected chi connectivity index (χ4v) is 4.62. The molecule has 3 aromatic carbocycles. The Hall–Kier alpha value is -3.23. The number of rotatable bonds is 4. The Kier molecular flexibility index (Phi) is 5.63. The lowest BCUT2D eigenvalue weighted by molar-refractivity contribution is -0.124. The molecule has 0 radical (unpaired) electrons. The van der Waals surface area contributed by atoms with Crippen LogP contribution in [0.3, 0.4) is 0 Å². The van der Waals surface area contributed by atoms with Crippen LogP contribution in [0, 0.1) is 0 Å². The molecule has 2 aliphatic heterocycles. The highest BCUT2D eigenvalue weighted by molar-refractivity contribution is 9.10. The van der Waals surface area contributed by atoms with Crippen LogP contribution in [0.2, 0.25) is 0 Å². The third-order valence-corrected chi connectivity index (χ3v) is 6.51. The maximum absolute atomic E-state index is 13.3. The van der Waals surface area contributed by atoms with E-state index >= 15 is 0 Å². The zero-order chi connectivity index (χ0) is 22.1. The lowest BCUT2D eigenvalue weighted by atomic mass is 10.1. The summed E-state index contributed by atoms with van der Waals surface area (Å²) in [6.45, 7) is 0. The second kappa shape index (κ2) is 8.72. The Morgan fingerprint density at radius 1 is 1.00 bits per heavy atom. The fourth-order valence-electron chi connectivity index (χ4n) is 3.56. The van der Waals surface area contributed by atoms with Gasteiger partial charge in [0.05, 0.1) is 11.4 Å². The summed E-state index contributed by atoms with van der Waals surface area (Å²) in [5.74, 6) is 0.346. The summed E-state index contributed by atoms with van der Waals surface area (Å²) in [6.07, 6.45) is 0. The van der Waals surface area contributed by atoms with Gasteiger partial charge in [-0.3, -0.25) is 9.59 Å². The molecule has 6 nitrogen and oxygen atoms in total. The number of nitrogens with zero attached hydrogens (tertiary/aromatic N) is 3. The van der Waals surface area contributed by atoms with Crippen molar-refractivity contribution in [2.75, 3.05) is 11.1 Å². The fraction of sp³-hybridized carbons (Fsp3) is 0.0833. The van der Waals surface area contributed by atoms with Gasteiger partial charge < -0.3 is 5.32 Å². The van der Waals surface area contributed by atoms with E-state index in [-0.39, 0.29) is 17.6 Å². The number of amidine groups is 2. The molecule has 3 aromatic rings. The van der Waals surface area contributed by atoms with Crippen molar-refractivity contribution in [1.82, 2.24) is 4.90 Å². The number of thioether (sulfide) groups is 1. The summed E-state index contributed by atoms with van der Waals surface area (Å²) < 4.78 is 0.937. The van der Waals surface area contributed by atoms with Crippen LogP contribution in [-0.2, 0) is 9.59 Å². The summed E-state index contributed by atoms with van der Waals surface area (Å²) in [7, 11) is 0. The van der Waals surface area contributed by atoms with Gasteiger partial charge in [-0.2, -0.15) is 0 Å². The number of aliphatic imine (C=N–C) groups is 2. The molecule has 8 heteroatoms. The number of benzene rings is 3. The minimum atomic E-state index is -0.625. The summed E-state index contributed by atoms with van der Waals surface area (Å²) in [5.41, 5.74) is 3.08. The first-order chi connectivity index (χ1) is 15.6. The zero-order valence-corrected chi connectivity index (χ0v) is 19.1. The number of hydrogen-bond acceptors (Lipinski definition) is 5. The van der Waals surface area contributed by atoms with Gasteiger partial charge in [-0.1, -0.05) is 70.2 Å². The van der Waals surface area contributed by atoms with Crippen molar-refractivity contribution in [3.8, 4) is 0 Å². The van der Waals surface area contributed by atoms with Crippen molar-refractivity contribution in [1.29, 1.82) is 0 Å². The van der Waals surface area contributed by atoms with Crippen LogP contribution in [0.15, 0.2) is 93.3 Å². The van der Waals surface area contributed by atoms with Crippen LogP contribution < -0.4 is 5.32 Å². The number of fused-ring (bicyclic) bond motifs is 3. The lowest BCUT2D eigenvalue weighted by Crippen LogP contribution is -2.40. The molecule has 158 valence electrons. The van der Waals surface area contributed by atoms with Crippen molar-refractivity contribution < 1.29 is 9.59 Å². The largest absolute Gasteiger partial charge is 0.325 e. The molecule has 0 bridgehead atoms. The smallest absolute Gasteiger partial charge is 0.263 e. The van der Waals surface area contributed by atoms with Gasteiger partial charge in [0, 0.05) is 15.7 Å². The normalized spacial score (nSPS) is 16.7. The van der Waals surface area contributed by atoms with Gasteiger partial charge in [0.1, 0.15) is 5.84 Å². The molecule has 2 amide bonds. The minimum absolute atomic E-state index is 0.115. The van der Waals surface area contributed by atoms with E-state index in [1.54, 1.807) is 0 Å². The predicted octanol–water partition coefficient (Wildman–Crippen LogP) is 5.15. The number of carbonyl (C=O) groups is 2. The number of hydrogen-bond donors (Lipinski definition) is 1. The van der Waals surface area contributed by atoms with Gasteiger partial charge in [-0.15, -0.1) is 0 Å². The van der Waals surface area contributed by atoms with Crippen LogP contribution in [0.5, 0.6) is 0 Å². The van der Waals surface area contributed by atoms with Crippen molar-refractivity contribution in [2.45, 2.75) is 6.04 Å². The molecule has 1 atom stereocenters. The summed E-state index contributed by atoms with van der Waals surface area (Å²) >= 11 is 4.60. The highest BCUT2D eigenvalue weighted by atomic mass is 79.9. The summed E-state index contributed by atoms with van der Waals surface area (Å²) in [4.78, 5) is 36.8. The van der Waals surface area contributed by atoms with E-state index in [9.17, 15) is 9.59 Å². The Morgan fingerprint density at radius 2 is 1.72 bits per heavy atom. The van der Waals surface area contributed by atoms with Crippen molar-refractivity contribution in [2.24, 2.45) is 9.98 Å². The molecule has 32 heavy (non-hydrogen) atoms. The summed E-state index contributed by atoms with van der Waals surface area (Å²) in [6, 6.07) is 23.8. The molecule has 0 aliphatic carbocycles. The third-order valence-electron chi connectivity index (χ3n) is 5.05. The quantitative estimate of drug-likeness (QED) is 0.533. The number of halogens is 1. The van der Waals surface area contributed by atoms with E-state index in [0.29, 0.717) is 16.7 Å². The number of anilines is 1. The monoisotopic (exact) mass is 504 g/mol. The first-order valence-electron chi connectivity index (χ1n) is 9.93. The van der Waals surface area contributed by atoms with Gasteiger partial charge in [-0.25, -0.2) is 14.9 Å². The Bertz CT molecular complexity index is 1260. The topological polar surface area (TPSA) is 74.1 Å². The van der Waals surface area contributed by atoms with Crippen LogP contribution in [0.4, 0.5) is 11.4 Å². The first-order valence-corrected chi connectivity index (χ1v) is 11.7. The van der Waals surface area contributed by atoms with Crippen LogP contribution in [0.25, 0.3) is 0 Å². The van der Waals surface area contributed by atoms with Gasteiger partial charge in [0.2, 0.25) is 5.91 Å². The maximum atomic E-state index is 13.3. The van der Waals surface area contributed by atoms with Crippen molar-refractivity contribution in [3.05, 3.63) is 94.5 Å². The highest BCUT2D eigenvalue weighted by Crippen LogP contribution is 2.37. The van der Waals surface area contributed by atoms with Crippen molar-refractivity contribution in [3.63, 3.8) is 0 Å². The Labute approximate surface area is 197 Å². The molecule has 0 aromatic heterocycles. The van der Waals surface area contributed by atoms with Crippen molar-refractivity contribution >= 4 is 61.9 Å². The SMILES string of the molecule is O=C(CSC1=Nc2ccccc2C2=NC(c3ccccc3)C(=O)N12)Nc1ccc(Br)cc1. The highest BCUT2D eigenvalue weighted by Gasteiger charge is 2.42. The third kappa shape index (κ3) is 3.99. The molecule has 0 fully saturated rings. The average Bonchev–Trinajstić information content (AvgIpc) is 3.17. The zero-order valence-electron chi connectivity index (χ0n) is 16.7. The van der Waals surface area contributed by atoms with Gasteiger partial charge in [0.25, 0.3) is 5.91 Å². The Morgan fingerprint density at radius 3 is 2.50 bits per heavy atom. The molecule has 5 rings (SSSR count). The molecule has 0 spiro atoms. The van der Waals surface area contributed by atoms with Gasteiger partial charge in [0.15, 0.2) is 11.2 Å². The Balaban J connectivity index is 1.40. The molecular weight excluding hydrogens is 488 g/mol. The van der Waals surface area contributed by atoms with E-state index in [0.717, 1.165) is 21.3 Å². The summed E-state index contributed by atoms with van der Waals surface area (Å²) in [5, 5.41) is 3.32. The van der Waals surface area contributed by atoms with Crippen LogP contribution >= 0.6 is 27.7 Å². The standard InChI is InChI=1S/C24H17BrN4O2S/c25-16-10-12-17(13-11-16)26-20(30)14-32-24-27-19-9-5-4-8-18(19)22-28-21(23(31)29(22)24)15-6-2-1-3-7-15/h1-13,21H,14H2,(H,26,30).